The number of aldehydes is 1. The third-order valence-electron chi connectivity index (χ3n) is 2.87. The molecule has 2 aromatic rings. The third-order valence-corrected chi connectivity index (χ3v) is 2.87. The molecular weight excluding hydrogens is 264 g/mol. The molecule has 0 aliphatic rings. The Kier molecular flexibility index (Phi) is 3.76. The molecule has 100 valence electrons. The summed E-state index contributed by atoms with van der Waals surface area (Å²) in [5.41, 5.74) is 0.0333. The van der Waals surface area contributed by atoms with E-state index in [4.69, 9.17) is 10.00 Å². The second kappa shape index (κ2) is 5.49. The summed E-state index contributed by atoms with van der Waals surface area (Å²) in [4.78, 5) is 10.9. The molecule has 2 aromatic carbocycles. The SMILES string of the molecule is COc1c(C=O)cccc1-c1ccc(C#N)c(F)c1F. The van der Waals surface area contributed by atoms with Crippen LogP contribution in [0.15, 0.2) is 30.3 Å². The Bertz CT molecular complexity index is 721. The number of para-hydroxylation sites is 1. The van der Waals surface area contributed by atoms with Gasteiger partial charge in [-0.1, -0.05) is 12.1 Å². The van der Waals surface area contributed by atoms with Crippen molar-refractivity contribution in [2.75, 3.05) is 7.11 Å². The molecule has 2 rings (SSSR count). The molecule has 0 heterocycles. The molecular formula is C15H9F2NO2. The highest BCUT2D eigenvalue weighted by atomic mass is 19.2. The third kappa shape index (κ3) is 2.12. The van der Waals surface area contributed by atoms with Crippen molar-refractivity contribution in [2.24, 2.45) is 0 Å². The Balaban J connectivity index is 2.73. The topological polar surface area (TPSA) is 50.1 Å². The van der Waals surface area contributed by atoms with Gasteiger partial charge in [0.05, 0.1) is 18.2 Å². The minimum Gasteiger partial charge on any atom is -0.495 e. The molecule has 3 nitrogen and oxygen atoms in total. The second-order valence-corrected chi connectivity index (χ2v) is 3.95. The molecule has 20 heavy (non-hydrogen) atoms. The van der Waals surface area contributed by atoms with Crippen LogP contribution < -0.4 is 4.74 Å². The zero-order valence-corrected chi connectivity index (χ0v) is 10.5. The first-order chi connectivity index (χ1) is 9.63. The van der Waals surface area contributed by atoms with Gasteiger partial charge in [-0.05, 0) is 18.2 Å². The molecule has 0 amide bonds. The molecule has 5 heteroatoms. The van der Waals surface area contributed by atoms with E-state index in [0.29, 0.717) is 6.29 Å². The zero-order valence-electron chi connectivity index (χ0n) is 10.5. The number of benzene rings is 2. The van der Waals surface area contributed by atoms with Gasteiger partial charge in [0.1, 0.15) is 11.8 Å². The fourth-order valence-electron chi connectivity index (χ4n) is 1.93. The van der Waals surface area contributed by atoms with Crippen LogP contribution in [0.3, 0.4) is 0 Å². The van der Waals surface area contributed by atoms with Crippen molar-refractivity contribution >= 4 is 6.29 Å². The first kappa shape index (κ1) is 13.7. The lowest BCUT2D eigenvalue weighted by Crippen LogP contribution is -1.98. The van der Waals surface area contributed by atoms with Crippen LogP contribution in [0.1, 0.15) is 15.9 Å². The van der Waals surface area contributed by atoms with Crippen LogP contribution in [-0.2, 0) is 0 Å². The zero-order chi connectivity index (χ0) is 14.7. The van der Waals surface area contributed by atoms with Crippen molar-refractivity contribution in [3.05, 3.63) is 53.1 Å². The maximum Gasteiger partial charge on any atom is 0.177 e. The highest BCUT2D eigenvalue weighted by Gasteiger charge is 2.18. The maximum absolute atomic E-state index is 14.0. The predicted octanol–water partition coefficient (Wildman–Crippen LogP) is 3.32. The van der Waals surface area contributed by atoms with Crippen LogP contribution in [-0.4, -0.2) is 13.4 Å². The number of carbonyl (C=O) groups excluding carboxylic acids is 1. The lowest BCUT2D eigenvalue weighted by molar-refractivity contribution is 0.112. The average Bonchev–Trinajstić information content (AvgIpc) is 2.49. The number of nitriles is 1. The molecule has 0 aliphatic heterocycles. The van der Waals surface area contributed by atoms with Crippen LogP contribution in [0.4, 0.5) is 8.78 Å². The van der Waals surface area contributed by atoms with Crippen LogP contribution in [0, 0.1) is 23.0 Å². The van der Waals surface area contributed by atoms with E-state index < -0.39 is 11.6 Å². The minimum absolute atomic E-state index is 0.0675. The smallest absolute Gasteiger partial charge is 0.177 e. The summed E-state index contributed by atoms with van der Waals surface area (Å²) in [6.07, 6.45) is 0.570. The summed E-state index contributed by atoms with van der Waals surface area (Å²) in [5.74, 6) is -2.21. The summed E-state index contributed by atoms with van der Waals surface area (Å²) < 4.78 is 32.8. The van der Waals surface area contributed by atoms with Gasteiger partial charge in [-0.25, -0.2) is 8.78 Å². The Morgan fingerprint density at radius 2 is 1.90 bits per heavy atom. The van der Waals surface area contributed by atoms with Gasteiger partial charge in [0, 0.05) is 11.1 Å². The number of halogens is 2. The summed E-state index contributed by atoms with van der Waals surface area (Å²) in [5, 5.41) is 8.66. The largest absolute Gasteiger partial charge is 0.495 e. The Labute approximate surface area is 114 Å². The molecule has 0 N–H and O–H groups in total. The van der Waals surface area contributed by atoms with Gasteiger partial charge in [0.2, 0.25) is 0 Å². The Morgan fingerprint density at radius 1 is 1.15 bits per heavy atom. The first-order valence-corrected chi connectivity index (χ1v) is 5.64. The fourth-order valence-corrected chi connectivity index (χ4v) is 1.93. The first-order valence-electron chi connectivity index (χ1n) is 5.64. The fraction of sp³-hybridized carbons (Fsp3) is 0.0667. The van der Waals surface area contributed by atoms with E-state index in [1.807, 2.05) is 0 Å². The Hall–Kier alpha value is -2.74. The molecule has 0 fully saturated rings. The van der Waals surface area contributed by atoms with E-state index >= 15 is 0 Å². The number of methoxy groups -OCH3 is 1. The Morgan fingerprint density at radius 3 is 2.50 bits per heavy atom. The van der Waals surface area contributed by atoms with E-state index in [2.05, 4.69) is 0 Å². The van der Waals surface area contributed by atoms with E-state index in [-0.39, 0.29) is 28.0 Å². The molecule has 0 aliphatic carbocycles. The van der Waals surface area contributed by atoms with Gasteiger partial charge < -0.3 is 4.74 Å². The minimum atomic E-state index is -1.22. The quantitative estimate of drug-likeness (QED) is 0.806. The van der Waals surface area contributed by atoms with Crippen molar-refractivity contribution in [1.82, 2.24) is 0 Å². The van der Waals surface area contributed by atoms with Crippen molar-refractivity contribution in [1.29, 1.82) is 5.26 Å². The number of ether oxygens (including phenoxy) is 1. The van der Waals surface area contributed by atoms with Crippen molar-refractivity contribution in [3.8, 4) is 22.9 Å². The summed E-state index contributed by atoms with van der Waals surface area (Å²) in [7, 11) is 1.34. The molecule has 0 radical (unpaired) electrons. The molecule has 0 saturated heterocycles. The van der Waals surface area contributed by atoms with E-state index in [9.17, 15) is 13.6 Å². The summed E-state index contributed by atoms with van der Waals surface area (Å²) >= 11 is 0. The molecule has 0 atom stereocenters. The number of carbonyl (C=O) groups is 1. The highest BCUT2D eigenvalue weighted by molar-refractivity contribution is 5.86. The van der Waals surface area contributed by atoms with Gasteiger partial charge in [0.25, 0.3) is 0 Å². The van der Waals surface area contributed by atoms with Gasteiger partial charge >= 0.3 is 0 Å². The average molecular weight is 273 g/mol. The normalized spacial score (nSPS) is 9.90. The molecule has 0 spiro atoms. The standard InChI is InChI=1S/C15H9F2NO2/c1-20-15-10(8-19)3-2-4-12(15)11-6-5-9(7-18)13(16)14(11)17/h2-6,8H,1H3. The van der Waals surface area contributed by atoms with Gasteiger partial charge in [-0.15, -0.1) is 0 Å². The van der Waals surface area contributed by atoms with E-state index in [1.54, 1.807) is 6.07 Å². The van der Waals surface area contributed by atoms with Crippen LogP contribution in [0.2, 0.25) is 0 Å². The lowest BCUT2D eigenvalue weighted by Gasteiger charge is -2.12. The van der Waals surface area contributed by atoms with Gasteiger partial charge in [-0.2, -0.15) is 5.26 Å². The number of hydrogen-bond acceptors (Lipinski definition) is 3. The number of rotatable bonds is 3. The molecule has 0 saturated carbocycles. The number of nitrogens with zero attached hydrogens (tertiary/aromatic N) is 1. The summed E-state index contributed by atoms with van der Waals surface area (Å²) in [6.45, 7) is 0. The van der Waals surface area contributed by atoms with Crippen LogP contribution >= 0.6 is 0 Å². The summed E-state index contributed by atoms with van der Waals surface area (Å²) in [6, 6.07) is 8.58. The number of hydrogen-bond donors (Lipinski definition) is 0. The van der Waals surface area contributed by atoms with Crippen LogP contribution in [0.5, 0.6) is 5.75 Å². The van der Waals surface area contributed by atoms with Crippen molar-refractivity contribution in [2.45, 2.75) is 0 Å². The van der Waals surface area contributed by atoms with Crippen molar-refractivity contribution < 1.29 is 18.3 Å². The predicted molar refractivity (Wildman–Crippen MR) is 68.4 cm³/mol. The second-order valence-electron chi connectivity index (χ2n) is 3.95. The van der Waals surface area contributed by atoms with Gasteiger partial charge in [0.15, 0.2) is 17.9 Å². The van der Waals surface area contributed by atoms with Crippen molar-refractivity contribution in [3.63, 3.8) is 0 Å². The highest BCUT2D eigenvalue weighted by Crippen LogP contribution is 2.35. The van der Waals surface area contributed by atoms with Crippen LogP contribution in [0.25, 0.3) is 11.1 Å². The molecule has 0 aromatic heterocycles. The van der Waals surface area contributed by atoms with E-state index in [1.165, 1.54) is 37.4 Å². The molecule has 0 bridgehead atoms. The van der Waals surface area contributed by atoms with E-state index in [0.717, 1.165) is 0 Å². The maximum atomic E-state index is 14.0. The lowest BCUT2D eigenvalue weighted by atomic mass is 9.99. The molecule has 0 unspecified atom stereocenters. The monoisotopic (exact) mass is 273 g/mol. The van der Waals surface area contributed by atoms with Gasteiger partial charge in [-0.3, -0.25) is 4.79 Å².